The highest BCUT2D eigenvalue weighted by molar-refractivity contribution is 7.47. The fourth-order valence-corrected chi connectivity index (χ4v) is 7.24. The minimum absolute atomic E-state index is 0.0979. The Morgan fingerprint density at radius 1 is 0.500 bits per heavy atom. The van der Waals surface area contributed by atoms with E-state index in [1.54, 1.807) is 0 Å². The van der Waals surface area contributed by atoms with Crippen molar-refractivity contribution in [3.05, 3.63) is 60.8 Å². The molecule has 4 N–H and O–H groups in total. The molecule has 0 bridgehead atoms. The predicted molar refractivity (Wildman–Crippen MR) is 254 cm³/mol. The zero-order chi connectivity index (χ0) is 45.6. The van der Waals surface area contributed by atoms with Crippen molar-refractivity contribution >= 4 is 25.7 Å². The molecule has 0 amide bonds. The molecule has 0 aromatic carbocycles. The number of ether oxygens (including phenoxy) is 2. The molecule has 0 aliphatic rings. The molecule has 3 atom stereocenters. The first-order valence-electron chi connectivity index (χ1n) is 24.3. The summed E-state index contributed by atoms with van der Waals surface area (Å²) in [4.78, 5) is 46.1. The fourth-order valence-electron chi connectivity index (χ4n) is 6.46. The van der Waals surface area contributed by atoms with E-state index in [0.29, 0.717) is 12.8 Å². The Kier molecular flexibility index (Phi) is 42.7. The number of phosphoric ester groups is 1. The molecule has 0 aliphatic carbocycles. The molecular formula is C50H88NO10P. The zero-order valence-corrected chi connectivity index (χ0v) is 39.8. The van der Waals surface area contributed by atoms with Gasteiger partial charge in [-0.25, -0.2) is 4.57 Å². The van der Waals surface area contributed by atoms with E-state index in [0.717, 1.165) is 44.9 Å². The van der Waals surface area contributed by atoms with Crippen LogP contribution in [-0.2, 0) is 37.5 Å². The third-order valence-electron chi connectivity index (χ3n) is 10.3. The van der Waals surface area contributed by atoms with E-state index in [1.807, 2.05) is 12.2 Å². The van der Waals surface area contributed by atoms with Crippen LogP contribution in [0.1, 0.15) is 206 Å². The number of aliphatic carboxylic acids is 1. The van der Waals surface area contributed by atoms with Gasteiger partial charge in [-0.1, -0.05) is 203 Å². The zero-order valence-electron chi connectivity index (χ0n) is 38.9. The first-order chi connectivity index (χ1) is 30.1. The second kappa shape index (κ2) is 44.8. The van der Waals surface area contributed by atoms with E-state index in [1.165, 1.54) is 122 Å². The molecule has 12 heteroatoms. The van der Waals surface area contributed by atoms with Gasteiger partial charge < -0.3 is 25.2 Å². The molecule has 1 unspecified atom stereocenters. The lowest BCUT2D eigenvalue weighted by atomic mass is 10.0. The molecule has 0 radical (unpaired) electrons. The van der Waals surface area contributed by atoms with Crippen molar-refractivity contribution in [2.24, 2.45) is 5.73 Å². The number of carbonyl (C=O) groups is 3. The number of unbranched alkanes of at least 4 members (excludes halogenated alkanes) is 21. The van der Waals surface area contributed by atoms with E-state index in [9.17, 15) is 23.8 Å². The van der Waals surface area contributed by atoms with Gasteiger partial charge in [0.25, 0.3) is 0 Å². The topological polar surface area (TPSA) is 172 Å². The number of nitrogens with two attached hydrogens (primary N) is 1. The first kappa shape index (κ1) is 59.2. The Morgan fingerprint density at radius 3 is 1.34 bits per heavy atom. The van der Waals surface area contributed by atoms with Crippen LogP contribution in [0.25, 0.3) is 0 Å². The van der Waals surface area contributed by atoms with Crippen LogP contribution in [0.4, 0.5) is 0 Å². The van der Waals surface area contributed by atoms with Gasteiger partial charge in [-0.3, -0.25) is 23.4 Å². The molecule has 0 saturated carbocycles. The summed E-state index contributed by atoms with van der Waals surface area (Å²) in [5.41, 5.74) is 5.34. The number of phosphoric acid groups is 1. The minimum atomic E-state index is -4.74. The van der Waals surface area contributed by atoms with Gasteiger partial charge in [0.2, 0.25) is 0 Å². The molecule has 358 valence electrons. The lowest BCUT2D eigenvalue weighted by Gasteiger charge is -2.20. The maximum Gasteiger partial charge on any atom is 0.472 e. The van der Waals surface area contributed by atoms with Crippen molar-refractivity contribution in [3.8, 4) is 0 Å². The Morgan fingerprint density at radius 2 is 0.887 bits per heavy atom. The van der Waals surface area contributed by atoms with Crippen LogP contribution in [0.2, 0.25) is 0 Å². The maximum atomic E-state index is 12.7. The summed E-state index contributed by atoms with van der Waals surface area (Å²) < 4.78 is 32.7. The number of hydrogen-bond acceptors (Lipinski definition) is 9. The summed E-state index contributed by atoms with van der Waals surface area (Å²) in [5.74, 6) is -2.48. The summed E-state index contributed by atoms with van der Waals surface area (Å²) in [6, 6.07) is -1.53. The molecule has 0 aromatic rings. The standard InChI is InChI=1S/C50H88NO10P/c1-3-5-7-9-11-13-15-17-19-21-23-25-27-29-31-33-35-37-39-41-48(52)58-43-46(44-59-62(56,57)60-45-47(51)50(54)55)61-49(53)42-40-38-36-34-32-30-28-26-24-22-20-18-16-14-12-10-8-6-4-2/h11,13,17,19,23,25,29,31,35,37,46-47H,3-10,12,14-16,18,20-22,24,26-28,30,32-34,36,38-45,51H2,1-2H3,(H,54,55)(H,56,57)/b13-11-,19-17-,25-23-,31-29-,37-35-/t46-,47+/m1/s1. The molecule has 0 fully saturated rings. The maximum absolute atomic E-state index is 12.7. The van der Waals surface area contributed by atoms with E-state index in [2.05, 4.69) is 67.0 Å². The van der Waals surface area contributed by atoms with E-state index >= 15 is 0 Å². The van der Waals surface area contributed by atoms with Crippen molar-refractivity contribution in [1.82, 2.24) is 0 Å². The van der Waals surface area contributed by atoms with Crippen molar-refractivity contribution < 1.29 is 47.5 Å². The average molecular weight is 894 g/mol. The summed E-state index contributed by atoms with van der Waals surface area (Å²) in [6.45, 7) is 2.72. The average Bonchev–Trinajstić information content (AvgIpc) is 3.25. The second-order valence-electron chi connectivity index (χ2n) is 16.2. The molecule has 0 aromatic heterocycles. The van der Waals surface area contributed by atoms with Gasteiger partial charge in [-0.15, -0.1) is 0 Å². The summed E-state index contributed by atoms with van der Waals surface area (Å²) >= 11 is 0. The Hall–Kier alpha value is -2.82. The lowest BCUT2D eigenvalue weighted by Crippen LogP contribution is -2.34. The van der Waals surface area contributed by atoms with Crippen LogP contribution in [0.3, 0.4) is 0 Å². The number of hydrogen-bond donors (Lipinski definition) is 3. The van der Waals surface area contributed by atoms with Crippen LogP contribution >= 0.6 is 7.82 Å². The SMILES string of the molecule is CCCCC/C=C\C/C=C\C/C=C\C/C=C\C/C=C\CCC(=O)OC[C@H](COP(=O)(O)OC[C@H](N)C(=O)O)OC(=O)CCCCCCCCCCCCCCCCCCCCC. The molecule has 0 rings (SSSR count). The van der Waals surface area contributed by atoms with Gasteiger partial charge in [0, 0.05) is 12.8 Å². The van der Waals surface area contributed by atoms with Gasteiger partial charge >= 0.3 is 25.7 Å². The molecule has 0 spiro atoms. The lowest BCUT2D eigenvalue weighted by molar-refractivity contribution is -0.161. The van der Waals surface area contributed by atoms with Gasteiger partial charge in [-0.05, 0) is 51.4 Å². The molecule has 0 heterocycles. The highest BCUT2D eigenvalue weighted by Crippen LogP contribution is 2.43. The van der Waals surface area contributed by atoms with Gasteiger partial charge in [0.1, 0.15) is 12.6 Å². The van der Waals surface area contributed by atoms with Gasteiger partial charge in [0.15, 0.2) is 6.10 Å². The third-order valence-corrected chi connectivity index (χ3v) is 11.2. The van der Waals surface area contributed by atoms with Crippen LogP contribution in [0, 0.1) is 0 Å². The van der Waals surface area contributed by atoms with Crippen molar-refractivity contribution in [1.29, 1.82) is 0 Å². The molecule has 11 nitrogen and oxygen atoms in total. The third kappa shape index (κ3) is 43.8. The van der Waals surface area contributed by atoms with E-state index in [4.69, 9.17) is 24.8 Å². The minimum Gasteiger partial charge on any atom is -0.480 e. The number of carbonyl (C=O) groups excluding carboxylic acids is 2. The Balaban J connectivity index is 4.39. The number of esters is 2. The van der Waals surface area contributed by atoms with Crippen molar-refractivity contribution in [2.45, 2.75) is 219 Å². The van der Waals surface area contributed by atoms with Crippen molar-refractivity contribution in [3.63, 3.8) is 0 Å². The van der Waals surface area contributed by atoms with Crippen LogP contribution in [0.15, 0.2) is 60.8 Å². The number of carboxylic acids is 1. The number of allylic oxidation sites excluding steroid dienone is 10. The summed E-state index contributed by atoms with van der Waals surface area (Å²) in [5, 5.41) is 8.91. The molecule has 62 heavy (non-hydrogen) atoms. The fraction of sp³-hybridized carbons (Fsp3) is 0.740. The van der Waals surface area contributed by atoms with E-state index in [-0.39, 0.29) is 19.4 Å². The largest absolute Gasteiger partial charge is 0.480 e. The van der Waals surface area contributed by atoms with Gasteiger partial charge in [0.05, 0.1) is 13.2 Å². The summed E-state index contributed by atoms with van der Waals surface area (Å²) in [7, 11) is -4.74. The van der Waals surface area contributed by atoms with Crippen molar-refractivity contribution in [2.75, 3.05) is 19.8 Å². The van der Waals surface area contributed by atoms with Gasteiger partial charge in [-0.2, -0.15) is 0 Å². The smallest absolute Gasteiger partial charge is 0.472 e. The van der Waals surface area contributed by atoms with Crippen LogP contribution in [0.5, 0.6) is 0 Å². The van der Waals surface area contributed by atoms with Crippen LogP contribution in [-0.4, -0.2) is 59.9 Å². The Labute approximate surface area is 377 Å². The normalized spacial score (nSPS) is 14.1. The number of rotatable bonds is 45. The summed E-state index contributed by atoms with van der Waals surface area (Å²) in [6.07, 6.45) is 53.0. The quantitative estimate of drug-likeness (QED) is 0.0230. The Bertz CT molecular complexity index is 1280. The van der Waals surface area contributed by atoms with E-state index < -0.39 is 51.1 Å². The first-order valence-corrected chi connectivity index (χ1v) is 25.8. The highest BCUT2D eigenvalue weighted by atomic mass is 31.2. The molecule has 0 aliphatic heterocycles. The monoisotopic (exact) mass is 894 g/mol. The highest BCUT2D eigenvalue weighted by Gasteiger charge is 2.28. The van der Waals surface area contributed by atoms with Crippen LogP contribution < -0.4 is 5.73 Å². The molecular weight excluding hydrogens is 806 g/mol. The second-order valence-corrected chi connectivity index (χ2v) is 17.7. The molecule has 0 saturated heterocycles. The predicted octanol–water partition coefficient (Wildman–Crippen LogP) is 13.5. The number of carboxylic acid groups (broad SMARTS) is 1.